The Balaban J connectivity index is 2.56. The maximum Gasteiger partial charge on any atom is 0.319 e. The molecule has 2 rings (SSSR count). The number of benzene rings is 1. The lowest BCUT2D eigenvalue weighted by molar-refractivity contribution is -0.137. The minimum Gasteiger partial charge on any atom is -0.480 e. The smallest absolute Gasteiger partial charge is 0.319 e. The van der Waals surface area contributed by atoms with Crippen LogP contribution in [0, 0.1) is 5.92 Å². The van der Waals surface area contributed by atoms with Gasteiger partial charge in [-0.25, -0.2) is 0 Å². The van der Waals surface area contributed by atoms with Crippen LogP contribution in [0.15, 0.2) is 27.7 Å². The topological polar surface area (TPSA) is 66.7 Å². The first-order chi connectivity index (χ1) is 7.11. The zero-order valence-electron chi connectivity index (χ0n) is 7.48. The lowest BCUT2D eigenvalue weighted by Crippen LogP contribution is -2.27. The number of carbonyl (C=O) groups is 2. The number of carboxylic acids is 1. The van der Waals surface area contributed by atoms with Crippen LogP contribution in [-0.4, -0.2) is 23.1 Å². The molecule has 1 aliphatic rings. The summed E-state index contributed by atoms with van der Waals surface area (Å²) in [7, 11) is 0. The summed E-state index contributed by atoms with van der Waals surface area (Å²) in [5.74, 6) is -2.75. The molecule has 1 aromatic rings. The molecular weight excluding hydrogens is 262 g/mol. The highest BCUT2D eigenvalue weighted by atomic mass is 79.9. The number of carbonyl (C=O) groups excluding carboxylic acids is 1. The first-order valence-corrected chi connectivity index (χ1v) is 5.00. The predicted octanol–water partition coefficient (Wildman–Crippen LogP) is 2.05. The van der Waals surface area contributed by atoms with Crippen molar-refractivity contribution in [2.24, 2.45) is 10.9 Å². The second kappa shape index (κ2) is 3.58. The highest BCUT2D eigenvalue weighted by molar-refractivity contribution is 9.10. The summed E-state index contributed by atoms with van der Waals surface area (Å²) < 4.78 is 0.688. The molecule has 1 N–H and O–H groups in total. The average Bonchev–Trinajstić information content (AvgIpc) is 2.19. The molecule has 1 unspecified atom stereocenters. The SMILES string of the molecule is O=C(O)C1C=Nc2c(Br)cccc2C1=O. The predicted molar refractivity (Wildman–Crippen MR) is 57.8 cm³/mol. The van der Waals surface area contributed by atoms with Crippen molar-refractivity contribution in [1.29, 1.82) is 0 Å². The van der Waals surface area contributed by atoms with E-state index in [9.17, 15) is 9.59 Å². The number of halogens is 1. The number of hydrogen-bond donors (Lipinski definition) is 1. The van der Waals surface area contributed by atoms with Gasteiger partial charge in [-0.05, 0) is 28.1 Å². The van der Waals surface area contributed by atoms with Crippen LogP contribution in [-0.2, 0) is 4.79 Å². The molecule has 0 fully saturated rings. The molecule has 0 bridgehead atoms. The van der Waals surface area contributed by atoms with Gasteiger partial charge in [0.2, 0.25) is 0 Å². The van der Waals surface area contributed by atoms with Gasteiger partial charge in [0.15, 0.2) is 11.7 Å². The van der Waals surface area contributed by atoms with Crippen LogP contribution in [0.3, 0.4) is 0 Å². The van der Waals surface area contributed by atoms with Crippen LogP contribution >= 0.6 is 15.9 Å². The van der Waals surface area contributed by atoms with Gasteiger partial charge in [-0.3, -0.25) is 14.6 Å². The first-order valence-electron chi connectivity index (χ1n) is 4.21. The molecule has 0 saturated carbocycles. The summed E-state index contributed by atoms with van der Waals surface area (Å²) in [5.41, 5.74) is 0.847. The van der Waals surface area contributed by atoms with Gasteiger partial charge in [0.1, 0.15) is 0 Å². The number of rotatable bonds is 1. The van der Waals surface area contributed by atoms with E-state index in [4.69, 9.17) is 5.11 Å². The number of para-hydroxylation sites is 1. The van der Waals surface area contributed by atoms with Crippen molar-refractivity contribution in [1.82, 2.24) is 0 Å². The molecule has 0 amide bonds. The number of hydrogen-bond acceptors (Lipinski definition) is 3. The summed E-state index contributed by atoms with van der Waals surface area (Å²) >= 11 is 3.25. The molecule has 0 aromatic heterocycles. The Kier molecular flexibility index (Phi) is 2.40. The van der Waals surface area contributed by atoms with E-state index < -0.39 is 17.7 Å². The molecule has 0 aliphatic carbocycles. The third-order valence-electron chi connectivity index (χ3n) is 2.15. The second-order valence-corrected chi connectivity index (χ2v) is 3.95. The number of Topliss-reactive ketones (excluding diaryl/α,β-unsaturated/α-hetero) is 1. The van der Waals surface area contributed by atoms with E-state index in [0.29, 0.717) is 15.7 Å². The molecule has 0 radical (unpaired) electrons. The van der Waals surface area contributed by atoms with Gasteiger partial charge in [-0.2, -0.15) is 0 Å². The Morgan fingerprint density at radius 1 is 1.47 bits per heavy atom. The maximum absolute atomic E-state index is 11.7. The van der Waals surface area contributed by atoms with E-state index in [-0.39, 0.29) is 0 Å². The third kappa shape index (κ3) is 1.59. The summed E-state index contributed by atoms with van der Waals surface area (Å²) in [5, 5.41) is 8.78. The zero-order chi connectivity index (χ0) is 11.0. The van der Waals surface area contributed by atoms with E-state index in [1.54, 1.807) is 18.2 Å². The number of aliphatic carboxylic acids is 1. The number of aliphatic imine (C=N–C) groups is 1. The van der Waals surface area contributed by atoms with E-state index in [2.05, 4.69) is 20.9 Å². The fraction of sp³-hybridized carbons (Fsp3) is 0.100. The normalized spacial score (nSPS) is 18.7. The van der Waals surface area contributed by atoms with Gasteiger partial charge in [-0.1, -0.05) is 6.07 Å². The minimum absolute atomic E-state index is 0.347. The van der Waals surface area contributed by atoms with Crippen molar-refractivity contribution in [3.05, 3.63) is 28.2 Å². The Morgan fingerprint density at radius 2 is 2.20 bits per heavy atom. The van der Waals surface area contributed by atoms with Gasteiger partial charge < -0.3 is 5.11 Å². The van der Waals surface area contributed by atoms with Crippen LogP contribution in [0.25, 0.3) is 0 Å². The first kappa shape index (κ1) is 10.0. The van der Waals surface area contributed by atoms with Crippen molar-refractivity contribution in [3.63, 3.8) is 0 Å². The third-order valence-corrected chi connectivity index (χ3v) is 2.79. The molecule has 15 heavy (non-hydrogen) atoms. The summed E-state index contributed by atoms with van der Waals surface area (Å²) in [6, 6.07) is 5.01. The van der Waals surface area contributed by atoms with E-state index in [1.807, 2.05) is 0 Å². The molecule has 1 aromatic carbocycles. The van der Waals surface area contributed by atoms with Crippen molar-refractivity contribution in [2.75, 3.05) is 0 Å². The molecule has 4 nitrogen and oxygen atoms in total. The monoisotopic (exact) mass is 267 g/mol. The lowest BCUT2D eigenvalue weighted by atomic mass is 9.95. The number of carboxylic acid groups (broad SMARTS) is 1. The number of fused-ring (bicyclic) bond motifs is 1. The number of ketones is 1. The summed E-state index contributed by atoms with van der Waals surface area (Å²) in [6.45, 7) is 0. The zero-order valence-corrected chi connectivity index (χ0v) is 9.06. The molecule has 1 heterocycles. The Hall–Kier alpha value is -1.49. The average molecular weight is 268 g/mol. The molecular formula is C10H6BrNO3. The second-order valence-electron chi connectivity index (χ2n) is 3.09. The highest BCUT2D eigenvalue weighted by Gasteiger charge is 2.30. The van der Waals surface area contributed by atoms with Gasteiger partial charge in [0.05, 0.1) is 5.69 Å². The van der Waals surface area contributed by atoms with Gasteiger partial charge >= 0.3 is 5.97 Å². The van der Waals surface area contributed by atoms with Gasteiger partial charge in [0, 0.05) is 16.3 Å². The Bertz CT molecular complexity index is 482. The lowest BCUT2D eigenvalue weighted by Gasteiger charge is -2.14. The fourth-order valence-corrected chi connectivity index (χ4v) is 1.87. The van der Waals surface area contributed by atoms with Crippen molar-refractivity contribution < 1.29 is 14.7 Å². The van der Waals surface area contributed by atoms with Gasteiger partial charge in [0.25, 0.3) is 0 Å². The van der Waals surface area contributed by atoms with E-state index in [1.165, 1.54) is 0 Å². The van der Waals surface area contributed by atoms with Crippen molar-refractivity contribution >= 4 is 39.6 Å². The molecule has 0 saturated heterocycles. The molecule has 76 valence electrons. The molecule has 1 aliphatic heterocycles. The molecule has 1 atom stereocenters. The fourth-order valence-electron chi connectivity index (χ4n) is 1.41. The Labute approximate surface area is 93.8 Å². The van der Waals surface area contributed by atoms with Crippen LogP contribution < -0.4 is 0 Å². The summed E-state index contributed by atoms with van der Waals surface area (Å²) in [4.78, 5) is 26.4. The Morgan fingerprint density at radius 3 is 2.87 bits per heavy atom. The van der Waals surface area contributed by atoms with Crippen LogP contribution in [0.5, 0.6) is 0 Å². The standard InChI is InChI=1S/C10H6BrNO3/c11-7-3-1-2-5-8(7)12-4-6(9(5)13)10(14)15/h1-4,6H,(H,14,15). The largest absolute Gasteiger partial charge is 0.480 e. The van der Waals surface area contributed by atoms with Crippen LogP contribution in [0.2, 0.25) is 0 Å². The maximum atomic E-state index is 11.7. The van der Waals surface area contributed by atoms with Crippen LogP contribution in [0.4, 0.5) is 5.69 Å². The van der Waals surface area contributed by atoms with Crippen molar-refractivity contribution in [3.8, 4) is 0 Å². The molecule has 5 heteroatoms. The molecule has 0 spiro atoms. The van der Waals surface area contributed by atoms with E-state index in [0.717, 1.165) is 6.21 Å². The number of nitrogens with zero attached hydrogens (tertiary/aromatic N) is 1. The quantitative estimate of drug-likeness (QED) is 0.792. The highest BCUT2D eigenvalue weighted by Crippen LogP contribution is 2.33. The van der Waals surface area contributed by atoms with Crippen molar-refractivity contribution in [2.45, 2.75) is 0 Å². The summed E-state index contributed by atoms with van der Waals surface area (Å²) in [6.07, 6.45) is 1.16. The van der Waals surface area contributed by atoms with Crippen LogP contribution in [0.1, 0.15) is 10.4 Å². The van der Waals surface area contributed by atoms with Gasteiger partial charge in [-0.15, -0.1) is 0 Å². The van der Waals surface area contributed by atoms with E-state index >= 15 is 0 Å². The minimum atomic E-state index is -1.17.